The van der Waals surface area contributed by atoms with Crippen molar-refractivity contribution in [3.8, 4) is 0 Å². The SMILES string of the molecule is CNB(NC)B(NC)NC. The van der Waals surface area contributed by atoms with Gasteiger partial charge in [-0.3, -0.25) is 0 Å². The summed E-state index contributed by atoms with van der Waals surface area (Å²) in [7, 11) is 7.68. The lowest BCUT2D eigenvalue weighted by Crippen LogP contribution is -2.67. The number of hydrogen-bond donors (Lipinski definition) is 4. The molecule has 6 heteroatoms. The fraction of sp³-hybridized carbons (Fsp3) is 1.00. The second-order valence-corrected chi connectivity index (χ2v) is 2.11. The van der Waals surface area contributed by atoms with Gasteiger partial charge in [-0.05, 0) is 28.2 Å². The van der Waals surface area contributed by atoms with E-state index in [0.29, 0.717) is 0 Å². The molecule has 0 spiro atoms. The van der Waals surface area contributed by atoms with Crippen LogP contribution >= 0.6 is 0 Å². The van der Waals surface area contributed by atoms with Crippen LogP contribution in [-0.4, -0.2) is 41.9 Å². The predicted octanol–water partition coefficient (Wildman–Crippen LogP) is -2.08. The molecule has 0 heterocycles. The molecular weight excluding hydrogens is 126 g/mol. The van der Waals surface area contributed by atoms with Gasteiger partial charge in [0.1, 0.15) is 0 Å². The van der Waals surface area contributed by atoms with Crippen molar-refractivity contribution in [1.82, 2.24) is 20.9 Å². The molecule has 0 aliphatic heterocycles. The summed E-state index contributed by atoms with van der Waals surface area (Å²) < 4.78 is 0. The van der Waals surface area contributed by atoms with Gasteiger partial charge in [-0.1, -0.05) is 0 Å². The molecule has 0 radical (unpaired) electrons. The van der Waals surface area contributed by atoms with Crippen molar-refractivity contribution in [3.63, 3.8) is 0 Å². The van der Waals surface area contributed by atoms with Crippen molar-refractivity contribution < 1.29 is 0 Å². The highest BCUT2D eigenvalue weighted by molar-refractivity contribution is 7.17. The number of rotatable bonds is 5. The lowest BCUT2D eigenvalue weighted by Gasteiger charge is -2.17. The quantitative estimate of drug-likeness (QED) is 0.332. The molecule has 0 unspecified atom stereocenters. The van der Waals surface area contributed by atoms with Gasteiger partial charge in [-0.2, -0.15) is 0 Å². The van der Waals surface area contributed by atoms with Crippen molar-refractivity contribution in [2.24, 2.45) is 0 Å². The molecule has 0 aromatic rings. The van der Waals surface area contributed by atoms with Crippen LogP contribution in [0.25, 0.3) is 0 Å². The monoisotopic (exact) mass is 142 g/mol. The maximum Gasteiger partial charge on any atom is 0.306 e. The van der Waals surface area contributed by atoms with E-state index in [0.717, 1.165) is 0 Å². The predicted molar refractivity (Wildman–Crippen MR) is 47.7 cm³/mol. The molecule has 0 rings (SSSR count). The average molecular weight is 142 g/mol. The van der Waals surface area contributed by atoms with E-state index in [1.165, 1.54) is 0 Å². The third-order valence-electron chi connectivity index (χ3n) is 1.58. The van der Waals surface area contributed by atoms with Crippen LogP contribution in [-0.2, 0) is 0 Å². The van der Waals surface area contributed by atoms with Gasteiger partial charge in [0.2, 0.25) is 0 Å². The van der Waals surface area contributed by atoms with Crippen molar-refractivity contribution in [2.45, 2.75) is 0 Å². The van der Waals surface area contributed by atoms with Crippen molar-refractivity contribution in [3.05, 3.63) is 0 Å². The molecular formula is C4H16B2N4. The summed E-state index contributed by atoms with van der Waals surface area (Å²) in [5.41, 5.74) is 0. The second-order valence-electron chi connectivity index (χ2n) is 2.11. The van der Waals surface area contributed by atoms with Gasteiger partial charge >= 0.3 is 13.7 Å². The van der Waals surface area contributed by atoms with Crippen LogP contribution in [0.4, 0.5) is 0 Å². The van der Waals surface area contributed by atoms with Crippen LogP contribution in [0.15, 0.2) is 0 Å². The second kappa shape index (κ2) is 5.73. The zero-order valence-corrected chi connectivity index (χ0v) is 7.15. The molecule has 4 nitrogen and oxygen atoms in total. The summed E-state index contributed by atoms with van der Waals surface area (Å²) in [4.78, 5) is 0. The van der Waals surface area contributed by atoms with Crippen molar-refractivity contribution in [1.29, 1.82) is 0 Å². The van der Waals surface area contributed by atoms with E-state index in [9.17, 15) is 0 Å². The molecule has 0 fully saturated rings. The highest BCUT2D eigenvalue weighted by Gasteiger charge is 2.24. The summed E-state index contributed by atoms with van der Waals surface area (Å²) in [6, 6.07) is 0. The number of hydrogen-bond acceptors (Lipinski definition) is 4. The Hall–Kier alpha value is -0.0301. The Balaban J connectivity index is 3.70. The maximum absolute atomic E-state index is 3.12. The molecule has 0 saturated heterocycles. The molecule has 0 saturated carbocycles. The van der Waals surface area contributed by atoms with E-state index in [2.05, 4.69) is 20.9 Å². The first-order valence-electron chi connectivity index (χ1n) is 3.49. The molecule has 0 atom stereocenters. The summed E-state index contributed by atoms with van der Waals surface area (Å²) in [5, 5.41) is 12.5. The maximum atomic E-state index is 3.12. The van der Waals surface area contributed by atoms with Gasteiger partial charge in [0, 0.05) is 0 Å². The van der Waals surface area contributed by atoms with Gasteiger partial charge in [0.05, 0.1) is 0 Å². The number of nitrogens with one attached hydrogen (secondary N) is 4. The molecule has 58 valence electrons. The van der Waals surface area contributed by atoms with E-state index in [-0.39, 0.29) is 13.7 Å². The molecule has 0 aromatic heterocycles. The first-order valence-corrected chi connectivity index (χ1v) is 3.49. The van der Waals surface area contributed by atoms with Gasteiger partial charge in [-0.25, -0.2) is 0 Å². The van der Waals surface area contributed by atoms with Gasteiger partial charge in [0.25, 0.3) is 0 Å². The molecule has 10 heavy (non-hydrogen) atoms. The molecule has 0 aliphatic carbocycles. The molecule has 0 amide bonds. The fourth-order valence-electron chi connectivity index (χ4n) is 0.955. The first-order chi connectivity index (χ1) is 4.79. The van der Waals surface area contributed by atoms with Crippen molar-refractivity contribution in [2.75, 3.05) is 28.2 Å². The van der Waals surface area contributed by atoms with E-state index in [1.54, 1.807) is 0 Å². The summed E-state index contributed by atoms with van der Waals surface area (Å²) in [5.74, 6) is 0. The third-order valence-corrected chi connectivity index (χ3v) is 1.58. The average Bonchev–Trinajstić information content (AvgIpc) is 2.00. The third kappa shape index (κ3) is 2.70. The Morgan fingerprint density at radius 1 is 0.600 bits per heavy atom. The normalized spacial score (nSPS) is 9.60. The minimum Gasteiger partial charge on any atom is -0.348 e. The minimum atomic E-state index is 0.259. The Labute approximate surface area is 63.8 Å². The van der Waals surface area contributed by atoms with Gasteiger partial charge in [-0.15, -0.1) is 0 Å². The Morgan fingerprint density at radius 2 is 0.800 bits per heavy atom. The Morgan fingerprint density at radius 3 is 0.900 bits per heavy atom. The van der Waals surface area contributed by atoms with E-state index < -0.39 is 0 Å². The van der Waals surface area contributed by atoms with Gasteiger partial charge in [0.15, 0.2) is 0 Å². The summed E-state index contributed by atoms with van der Waals surface area (Å²) >= 11 is 0. The van der Waals surface area contributed by atoms with Crippen LogP contribution in [0.1, 0.15) is 0 Å². The summed E-state index contributed by atoms with van der Waals surface area (Å²) in [6.45, 7) is 0.519. The zero-order chi connectivity index (χ0) is 7.98. The smallest absolute Gasteiger partial charge is 0.306 e. The molecule has 0 aliphatic rings. The van der Waals surface area contributed by atoms with E-state index >= 15 is 0 Å². The largest absolute Gasteiger partial charge is 0.348 e. The van der Waals surface area contributed by atoms with Crippen LogP contribution in [0, 0.1) is 0 Å². The standard InChI is InChI=1S/C4H16B2N4/c1-7-5(8-2)6(9-3)10-4/h7-10H,1-4H3. The topological polar surface area (TPSA) is 48.1 Å². The summed E-state index contributed by atoms with van der Waals surface area (Å²) in [6.07, 6.45) is 0. The first kappa shape index (κ1) is 9.97. The lowest BCUT2D eigenvalue weighted by atomic mass is 9.35. The lowest BCUT2D eigenvalue weighted by molar-refractivity contribution is 1.05. The van der Waals surface area contributed by atoms with Crippen LogP contribution < -0.4 is 20.9 Å². The Bertz CT molecular complexity index is 63.7. The van der Waals surface area contributed by atoms with Gasteiger partial charge < -0.3 is 20.9 Å². The van der Waals surface area contributed by atoms with Crippen molar-refractivity contribution >= 4 is 13.7 Å². The van der Waals surface area contributed by atoms with E-state index in [1.807, 2.05) is 28.2 Å². The molecule has 0 aromatic carbocycles. The van der Waals surface area contributed by atoms with Crippen LogP contribution in [0.2, 0.25) is 0 Å². The fourth-order valence-corrected chi connectivity index (χ4v) is 0.955. The van der Waals surface area contributed by atoms with E-state index in [4.69, 9.17) is 0 Å². The minimum absolute atomic E-state index is 0.259. The molecule has 4 N–H and O–H groups in total. The molecule has 0 bridgehead atoms. The van der Waals surface area contributed by atoms with Crippen LogP contribution in [0.5, 0.6) is 0 Å². The van der Waals surface area contributed by atoms with Crippen LogP contribution in [0.3, 0.4) is 0 Å². The highest BCUT2D eigenvalue weighted by Crippen LogP contribution is 1.69. The Kier molecular flexibility index (Phi) is 5.71. The highest BCUT2D eigenvalue weighted by atomic mass is 15.0. The zero-order valence-electron chi connectivity index (χ0n) is 7.15.